The number of hydrogen-bond acceptors (Lipinski definition) is 3. The summed E-state index contributed by atoms with van der Waals surface area (Å²) >= 11 is 0. The number of rotatable bonds is 3. The summed E-state index contributed by atoms with van der Waals surface area (Å²) in [5, 5.41) is 3.21. The lowest BCUT2D eigenvalue weighted by Gasteiger charge is -2.10. The highest BCUT2D eigenvalue weighted by molar-refractivity contribution is 5.93. The number of ketones is 1. The summed E-state index contributed by atoms with van der Waals surface area (Å²) in [5.41, 5.74) is 1.87. The van der Waals surface area contributed by atoms with Crippen LogP contribution in [-0.2, 0) is 4.79 Å². The molecule has 1 aliphatic carbocycles. The molecule has 1 aromatic carbocycles. The fourth-order valence-corrected chi connectivity index (χ4v) is 1.62. The van der Waals surface area contributed by atoms with Crippen LogP contribution in [0, 0.1) is 0 Å². The van der Waals surface area contributed by atoms with Gasteiger partial charge in [0.05, 0.1) is 12.8 Å². The Labute approximate surface area is 88.8 Å². The topological polar surface area (TPSA) is 38.3 Å². The number of benzene rings is 1. The lowest BCUT2D eigenvalue weighted by atomic mass is 10.2. The van der Waals surface area contributed by atoms with E-state index in [1.807, 2.05) is 24.3 Å². The predicted molar refractivity (Wildman–Crippen MR) is 58.9 cm³/mol. The normalized spacial score (nSPS) is 15.0. The van der Waals surface area contributed by atoms with Crippen molar-refractivity contribution >= 4 is 11.5 Å². The van der Waals surface area contributed by atoms with E-state index in [0.29, 0.717) is 6.42 Å². The molecule has 1 aromatic rings. The molecule has 2 rings (SSSR count). The summed E-state index contributed by atoms with van der Waals surface area (Å²) in [7, 11) is 1.63. The smallest absolute Gasteiger partial charge is 0.157 e. The van der Waals surface area contributed by atoms with Crippen LogP contribution < -0.4 is 10.1 Å². The minimum atomic E-state index is 0.187. The molecule has 0 saturated carbocycles. The van der Waals surface area contributed by atoms with Gasteiger partial charge in [-0.15, -0.1) is 0 Å². The van der Waals surface area contributed by atoms with E-state index in [4.69, 9.17) is 4.74 Å². The van der Waals surface area contributed by atoms with Gasteiger partial charge < -0.3 is 10.1 Å². The largest absolute Gasteiger partial charge is 0.495 e. The monoisotopic (exact) mass is 203 g/mol. The van der Waals surface area contributed by atoms with Gasteiger partial charge in [-0.05, 0) is 18.6 Å². The second-order valence-electron chi connectivity index (χ2n) is 3.46. The first-order valence-electron chi connectivity index (χ1n) is 4.93. The summed E-state index contributed by atoms with van der Waals surface area (Å²) in [6.45, 7) is 0. The minimum absolute atomic E-state index is 0.187. The predicted octanol–water partition coefficient (Wildman–Crippen LogP) is 2.35. The number of para-hydroxylation sites is 2. The van der Waals surface area contributed by atoms with Gasteiger partial charge in [0.25, 0.3) is 0 Å². The molecule has 0 atom stereocenters. The highest BCUT2D eigenvalue weighted by Gasteiger charge is 2.12. The Balaban J connectivity index is 2.17. The average Bonchev–Trinajstić information content (AvgIpc) is 2.65. The molecular formula is C12H13NO2. The van der Waals surface area contributed by atoms with Crippen LogP contribution in [0.4, 0.5) is 5.69 Å². The molecule has 0 aliphatic heterocycles. The molecule has 0 bridgehead atoms. The van der Waals surface area contributed by atoms with Crippen LogP contribution in [0.1, 0.15) is 12.8 Å². The van der Waals surface area contributed by atoms with E-state index in [9.17, 15) is 4.79 Å². The van der Waals surface area contributed by atoms with Crippen molar-refractivity contribution in [2.75, 3.05) is 12.4 Å². The lowest BCUT2D eigenvalue weighted by Crippen LogP contribution is -1.98. The van der Waals surface area contributed by atoms with Crippen LogP contribution in [0.25, 0.3) is 0 Å². The zero-order valence-corrected chi connectivity index (χ0v) is 8.62. The van der Waals surface area contributed by atoms with Gasteiger partial charge >= 0.3 is 0 Å². The molecule has 0 heterocycles. The highest BCUT2D eigenvalue weighted by atomic mass is 16.5. The number of carbonyl (C=O) groups is 1. The number of anilines is 1. The lowest BCUT2D eigenvalue weighted by molar-refractivity contribution is -0.114. The van der Waals surface area contributed by atoms with Crippen molar-refractivity contribution in [3.8, 4) is 5.75 Å². The molecule has 0 unspecified atom stereocenters. The van der Waals surface area contributed by atoms with Gasteiger partial charge in [0, 0.05) is 18.2 Å². The van der Waals surface area contributed by atoms with E-state index in [1.54, 1.807) is 13.2 Å². The van der Waals surface area contributed by atoms with Gasteiger partial charge in [0.2, 0.25) is 0 Å². The Morgan fingerprint density at radius 1 is 1.27 bits per heavy atom. The molecule has 3 nitrogen and oxygen atoms in total. The van der Waals surface area contributed by atoms with Crippen molar-refractivity contribution in [2.24, 2.45) is 0 Å². The summed E-state index contributed by atoms with van der Waals surface area (Å²) in [6.07, 6.45) is 3.06. The molecule has 0 amide bonds. The van der Waals surface area contributed by atoms with Crippen molar-refractivity contribution in [3.63, 3.8) is 0 Å². The average molecular weight is 203 g/mol. The first-order chi connectivity index (χ1) is 7.29. The summed E-state index contributed by atoms with van der Waals surface area (Å²) in [4.78, 5) is 11.1. The second-order valence-corrected chi connectivity index (χ2v) is 3.46. The third-order valence-corrected chi connectivity index (χ3v) is 2.38. The van der Waals surface area contributed by atoms with Crippen molar-refractivity contribution in [3.05, 3.63) is 36.0 Å². The summed E-state index contributed by atoms with van der Waals surface area (Å²) in [6, 6.07) is 7.67. The molecule has 0 spiro atoms. The Morgan fingerprint density at radius 3 is 2.73 bits per heavy atom. The quantitative estimate of drug-likeness (QED) is 0.819. The first-order valence-corrected chi connectivity index (χ1v) is 4.93. The maximum absolute atomic E-state index is 11.1. The summed E-state index contributed by atoms with van der Waals surface area (Å²) in [5.74, 6) is 0.977. The highest BCUT2D eigenvalue weighted by Crippen LogP contribution is 2.26. The van der Waals surface area contributed by atoms with Gasteiger partial charge in [-0.3, -0.25) is 4.79 Å². The third kappa shape index (κ3) is 2.18. The number of allylic oxidation sites excluding steroid dienone is 2. The van der Waals surface area contributed by atoms with E-state index < -0.39 is 0 Å². The Kier molecular flexibility index (Phi) is 2.72. The van der Waals surface area contributed by atoms with E-state index in [1.165, 1.54) is 0 Å². The van der Waals surface area contributed by atoms with Crippen LogP contribution in [0.5, 0.6) is 5.75 Å². The Bertz CT molecular complexity index is 410. The molecule has 78 valence electrons. The molecule has 15 heavy (non-hydrogen) atoms. The Morgan fingerprint density at radius 2 is 2.07 bits per heavy atom. The van der Waals surface area contributed by atoms with E-state index in [2.05, 4.69) is 5.32 Å². The van der Waals surface area contributed by atoms with E-state index >= 15 is 0 Å². The van der Waals surface area contributed by atoms with Gasteiger partial charge in [-0.2, -0.15) is 0 Å². The van der Waals surface area contributed by atoms with Crippen molar-refractivity contribution < 1.29 is 9.53 Å². The molecule has 1 aliphatic rings. The Hall–Kier alpha value is -1.77. The van der Waals surface area contributed by atoms with Crippen molar-refractivity contribution in [1.29, 1.82) is 0 Å². The fraction of sp³-hybridized carbons (Fsp3) is 0.250. The third-order valence-electron chi connectivity index (χ3n) is 2.38. The number of ether oxygens (including phenoxy) is 1. The number of nitrogens with one attached hydrogen (secondary N) is 1. The molecule has 0 saturated heterocycles. The molecule has 0 fully saturated rings. The molecule has 1 N–H and O–H groups in total. The zero-order chi connectivity index (χ0) is 10.7. The van der Waals surface area contributed by atoms with Crippen molar-refractivity contribution in [1.82, 2.24) is 0 Å². The van der Waals surface area contributed by atoms with Crippen LogP contribution in [0.2, 0.25) is 0 Å². The standard InChI is InChI=1S/C12H13NO2/c1-15-12-5-3-2-4-11(12)13-9-6-7-10(14)8-9/h2-5,8,13H,6-7H2,1H3. The molecule has 3 heteroatoms. The molecule has 0 aromatic heterocycles. The van der Waals surface area contributed by atoms with Gasteiger partial charge in [-0.1, -0.05) is 12.1 Å². The van der Waals surface area contributed by atoms with Crippen LogP contribution in [-0.4, -0.2) is 12.9 Å². The summed E-state index contributed by atoms with van der Waals surface area (Å²) < 4.78 is 5.21. The van der Waals surface area contributed by atoms with Crippen LogP contribution in [0.3, 0.4) is 0 Å². The van der Waals surface area contributed by atoms with E-state index in [0.717, 1.165) is 23.6 Å². The number of carbonyl (C=O) groups excluding carboxylic acids is 1. The SMILES string of the molecule is COc1ccccc1NC1=CC(=O)CC1. The number of methoxy groups -OCH3 is 1. The van der Waals surface area contributed by atoms with Crippen LogP contribution >= 0.6 is 0 Å². The van der Waals surface area contributed by atoms with Crippen LogP contribution in [0.15, 0.2) is 36.0 Å². The van der Waals surface area contributed by atoms with Gasteiger partial charge in [-0.25, -0.2) is 0 Å². The molecule has 0 radical (unpaired) electrons. The van der Waals surface area contributed by atoms with Crippen molar-refractivity contribution in [2.45, 2.75) is 12.8 Å². The fourth-order valence-electron chi connectivity index (χ4n) is 1.62. The first kappa shape index (κ1) is 9.77. The van der Waals surface area contributed by atoms with E-state index in [-0.39, 0.29) is 5.78 Å². The minimum Gasteiger partial charge on any atom is -0.495 e. The molecular weight excluding hydrogens is 190 g/mol. The maximum atomic E-state index is 11.1. The second kappa shape index (κ2) is 4.17. The number of hydrogen-bond donors (Lipinski definition) is 1. The van der Waals surface area contributed by atoms with Gasteiger partial charge in [0.15, 0.2) is 5.78 Å². The van der Waals surface area contributed by atoms with Gasteiger partial charge in [0.1, 0.15) is 5.75 Å². The zero-order valence-electron chi connectivity index (χ0n) is 8.62. The maximum Gasteiger partial charge on any atom is 0.157 e.